The monoisotopic (exact) mass is 254 g/mol. The maximum atomic E-state index is 13.8. The molecule has 1 heterocycles. The molecule has 6 heteroatoms. The van der Waals surface area contributed by atoms with E-state index in [2.05, 4.69) is 5.32 Å². The molecule has 0 amide bonds. The summed E-state index contributed by atoms with van der Waals surface area (Å²) >= 11 is 0. The van der Waals surface area contributed by atoms with Gasteiger partial charge in [-0.05, 0) is 19.4 Å². The lowest BCUT2D eigenvalue weighted by atomic mass is 9.90. The van der Waals surface area contributed by atoms with Crippen molar-refractivity contribution in [3.05, 3.63) is 33.6 Å². The van der Waals surface area contributed by atoms with Crippen LogP contribution in [-0.4, -0.2) is 25.1 Å². The van der Waals surface area contributed by atoms with Crippen molar-refractivity contribution in [1.29, 1.82) is 0 Å². The lowest BCUT2D eigenvalue weighted by molar-refractivity contribution is -0.385. The Balaban J connectivity index is 2.44. The van der Waals surface area contributed by atoms with Crippen LogP contribution in [0.3, 0.4) is 0 Å². The quantitative estimate of drug-likeness (QED) is 0.663. The summed E-state index contributed by atoms with van der Waals surface area (Å²) in [5.41, 5.74) is 0.352. The Labute approximate surface area is 104 Å². The minimum absolute atomic E-state index is 0.0584. The van der Waals surface area contributed by atoms with Gasteiger partial charge in [-0.3, -0.25) is 10.1 Å². The van der Waals surface area contributed by atoms with Crippen molar-refractivity contribution in [2.75, 3.05) is 20.2 Å². The van der Waals surface area contributed by atoms with Crippen molar-refractivity contribution >= 4 is 5.69 Å². The minimum atomic E-state index is -0.674. The van der Waals surface area contributed by atoms with Gasteiger partial charge in [-0.15, -0.1) is 0 Å². The van der Waals surface area contributed by atoms with E-state index in [9.17, 15) is 14.5 Å². The summed E-state index contributed by atoms with van der Waals surface area (Å²) in [4.78, 5) is 10.2. The Hall–Kier alpha value is -1.69. The molecule has 1 aliphatic heterocycles. The summed E-state index contributed by atoms with van der Waals surface area (Å²) < 4.78 is 18.8. The first-order valence-electron chi connectivity index (χ1n) is 5.86. The number of nitrogens with zero attached hydrogens (tertiary/aromatic N) is 1. The number of ether oxygens (including phenoxy) is 1. The van der Waals surface area contributed by atoms with Crippen molar-refractivity contribution in [2.45, 2.75) is 18.8 Å². The highest BCUT2D eigenvalue weighted by atomic mass is 19.1. The molecule has 0 aromatic heterocycles. The fraction of sp³-hybridized carbons (Fsp3) is 0.500. The summed E-state index contributed by atoms with van der Waals surface area (Å²) in [6.07, 6.45) is 1.85. The Morgan fingerprint density at radius 1 is 1.56 bits per heavy atom. The van der Waals surface area contributed by atoms with Gasteiger partial charge in [0, 0.05) is 24.1 Å². The van der Waals surface area contributed by atoms with Crippen LogP contribution < -0.4 is 10.1 Å². The number of hydrogen-bond acceptors (Lipinski definition) is 4. The fourth-order valence-corrected chi connectivity index (χ4v) is 2.34. The van der Waals surface area contributed by atoms with Gasteiger partial charge in [0.15, 0.2) is 11.6 Å². The number of methoxy groups -OCH3 is 1. The van der Waals surface area contributed by atoms with Gasteiger partial charge in [-0.2, -0.15) is 0 Å². The van der Waals surface area contributed by atoms with Crippen molar-refractivity contribution < 1.29 is 14.1 Å². The minimum Gasteiger partial charge on any atom is -0.493 e. The van der Waals surface area contributed by atoms with Gasteiger partial charge in [0.25, 0.3) is 5.69 Å². The van der Waals surface area contributed by atoms with Crippen LogP contribution in [-0.2, 0) is 0 Å². The molecule has 1 N–H and O–H groups in total. The fourth-order valence-electron chi connectivity index (χ4n) is 2.34. The maximum Gasteiger partial charge on any atom is 0.272 e. The molecule has 2 rings (SSSR count). The van der Waals surface area contributed by atoms with Crippen LogP contribution in [0.2, 0.25) is 0 Å². The number of nitro groups is 1. The zero-order chi connectivity index (χ0) is 13.1. The molecule has 5 nitrogen and oxygen atoms in total. The molecule has 0 aliphatic carbocycles. The van der Waals surface area contributed by atoms with E-state index < -0.39 is 10.7 Å². The molecule has 98 valence electrons. The third-order valence-electron chi connectivity index (χ3n) is 3.21. The Morgan fingerprint density at radius 3 is 2.89 bits per heavy atom. The van der Waals surface area contributed by atoms with Crippen molar-refractivity contribution in [1.82, 2.24) is 5.32 Å². The average molecular weight is 254 g/mol. The molecule has 1 saturated heterocycles. The van der Waals surface area contributed by atoms with Crippen LogP contribution in [0.5, 0.6) is 5.75 Å². The largest absolute Gasteiger partial charge is 0.493 e. The third-order valence-corrected chi connectivity index (χ3v) is 3.21. The van der Waals surface area contributed by atoms with Gasteiger partial charge in [0.1, 0.15) is 0 Å². The first-order chi connectivity index (χ1) is 8.63. The summed E-state index contributed by atoms with van der Waals surface area (Å²) in [6.45, 7) is 1.62. The number of benzene rings is 1. The molecule has 0 spiro atoms. The number of piperidine rings is 1. The Bertz CT molecular complexity index is 459. The molecular formula is C12H15FN2O3. The topological polar surface area (TPSA) is 64.4 Å². The molecule has 18 heavy (non-hydrogen) atoms. The van der Waals surface area contributed by atoms with E-state index in [1.165, 1.54) is 13.2 Å². The number of nitro benzene ring substituents is 1. The van der Waals surface area contributed by atoms with Crippen LogP contribution in [0.25, 0.3) is 0 Å². The number of hydrogen-bond donors (Lipinski definition) is 1. The molecule has 1 aromatic rings. The van der Waals surface area contributed by atoms with E-state index in [4.69, 9.17) is 4.74 Å². The molecule has 0 radical (unpaired) electrons. The molecule has 1 unspecified atom stereocenters. The van der Waals surface area contributed by atoms with Crippen LogP contribution in [0, 0.1) is 15.9 Å². The van der Waals surface area contributed by atoms with Gasteiger partial charge in [0.05, 0.1) is 18.1 Å². The zero-order valence-electron chi connectivity index (χ0n) is 10.1. The molecule has 1 fully saturated rings. The average Bonchev–Trinajstić information content (AvgIpc) is 2.38. The second-order valence-electron chi connectivity index (χ2n) is 4.35. The van der Waals surface area contributed by atoms with Gasteiger partial charge < -0.3 is 10.1 Å². The predicted octanol–water partition coefficient (Wildman–Crippen LogP) is 2.21. The molecule has 1 aliphatic rings. The van der Waals surface area contributed by atoms with Crippen molar-refractivity contribution in [3.63, 3.8) is 0 Å². The summed E-state index contributed by atoms with van der Waals surface area (Å²) in [5.74, 6) is -0.496. The van der Waals surface area contributed by atoms with Crippen LogP contribution >= 0.6 is 0 Å². The number of non-ortho nitro benzene ring substituents is 1. The first kappa shape index (κ1) is 12.8. The molecule has 1 atom stereocenters. The van der Waals surface area contributed by atoms with Gasteiger partial charge >= 0.3 is 0 Å². The highest BCUT2D eigenvalue weighted by Crippen LogP contribution is 2.36. The van der Waals surface area contributed by atoms with E-state index >= 15 is 0 Å². The molecule has 1 aromatic carbocycles. The second-order valence-corrected chi connectivity index (χ2v) is 4.35. The highest BCUT2D eigenvalue weighted by Gasteiger charge is 2.24. The summed E-state index contributed by atoms with van der Waals surface area (Å²) in [5, 5.41) is 14.0. The van der Waals surface area contributed by atoms with Gasteiger partial charge in [-0.1, -0.05) is 0 Å². The molecular weight excluding hydrogens is 239 g/mol. The van der Waals surface area contributed by atoms with Crippen LogP contribution in [0.15, 0.2) is 12.1 Å². The maximum absolute atomic E-state index is 13.8. The smallest absolute Gasteiger partial charge is 0.272 e. The molecule has 0 bridgehead atoms. The Kier molecular flexibility index (Phi) is 3.76. The van der Waals surface area contributed by atoms with Crippen molar-refractivity contribution in [3.8, 4) is 5.75 Å². The lowest BCUT2D eigenvalue weighted by Gasteiger charge is -2.24. The number of rotatable bonds is 3. The van der Waals surface area contributed by atoms with Crippen LogP contribution in [0.4, 0.5) is 10.1 Å². The summed E-state index contributed by atoms with van der Waals surface area (Å²) in [7, 11) is 1.38. The number of halogens is 1. The van der Waals surface area contributed by atoms with Crippen molar-refractivity contribution in [2.24, 2.45) is 0 Å². The second kappa shape index (κ2) is 5.30. The zero-order valence-corrected chi connectivity index (χ0v) is 10.1. The highest BCUT2D eigenvalue weighted by molar-refractivity contribution is 5.47. The first-order valence-corrected chi connectivity index (χ1v) is 5.86. The van der Waals surface area contributed by atoms with Crippen LogP contribution in [0.1, 0.15) is 24.3 Å². The van der Waals surface area contributed by atoms with Gasteiger partial charge in [-0.25, -0.2) is 4.39 Å². The van der Waals surface area contributed by atoms with E-state index in [1.54, 1.807) is 0 Å². The SMILES string of the molecule is COc1c(F)cc([N+](=O)[O-])cc1C1CCCNC1. The predicted molar refractivity (Wildman–Crippen MR) is 64.5 cm³/mol. The normalized spacial score (nSPS) is 19.6. The molecule has 0 saturated carbocycles. The van der Waals surface area contributed by atoms with E-state index in [-0.39, 0.29) is 17.4 Å². The Morgan fingerprint density at radius 2 is 2.33 bits per heavy atom. The number of nitrogens with one attached hydrogen (secondary N) is 1. The van der Waals surface area contributed by atoms with E-state index in [0.29, 0.717) is 12.1 Å². The standard InChI is InChI=1S/C12H15FN2O3/c1-18-12-10(8-3-2-4-14-7-8)5-9(15(16)17)6-11(12)13/h5-6,8,14H,2-4,7H2,1H3. The van der Waals surface area contributed by atoms with Gasteiger partial charge in [0.2, 0.25) is 0 Å². The van der Waals surface area contributed by atoms with E-state index in [1.807, 2.05) is 0 Å². The summed E-state index contributed by atoms with van der Waals surface area (Å²) in [6, 6.07) is 2.32. The van der Waals surface area contributed by atoms with E-state index in [0.717, 1.165) is 25.5 Å². The third kappa shape index (κ3) is 2.43. The lowest BCUT2D eigenvalue weighted by Crippen LogP contribution is -2.28.